The molecule has 2 heterocycles. The summed E-state index contributed by atoms with van der Waals surface area (Å²) in [7, 11) is 0. The lowest BCUT2D eigenvalue weighted by Gasteiger charge is -2.30. The maximum Gasteiger partial charge on any atom is 0.273 e. The van der Waals surface area contributed by atoms with Gasteiger partial charge in [-0.3, -0.25) is 9.89 Å². The van der Waals surface area contributed by atoms with Gasteiger partial charge in [0.15, 0.2) is 0 Å². The van der Waals surface area contributed by atoms with Gasteiger partial charge in [0.1, 0.15) is 11.4 Å². The first kappa shape index (κ1) is 16.3. The van der Waals surface area contributed by atoms with Crippen LogP contribution in [0.5, 0.6) is 0 Å². The van der Waals surface area contributed by atoms with Gasteiger partial charge in [-0.2, -0.15) is 5.10 Å². The van der Waals surface area contributed by atoms with Gasteiger partial charge in [-0.1, -0.05) is 31.5 Å². The van der Waals surface area contributed by atoms with Gasteiger partial charge >= 0.3 is 0 Å². The molecule has 4 rings (SSSR count). The van der Waals surface area contributed by atoms with Gasteiger partial charge < -0.3 is 11.1 Å². The van der Waals surface area contributed by atoms with Gasteiger partial charge in [0.25, 0.3) is 5.91 Å². The number of nitrogens with one attached hydrogen (secondary N) is 2. The topological polar surface area (TPSA) is 110 Å². The zero-order chi connectivity index (χ0) is 18.5. The number of hydrogen-bond donors (Lipinski definition) is 3. The summed E-state index contributed by atoms with van der Waals surface area (Å²) in [6.07, 6.45) is 2.45. The van der Waals surface area contributed by atoms with Gasteiger partial charge in [0.05, 0.1) is 5.69 Å². The van der Waals surface area contributed by atoms with E-state index in [2.05, 4.69) is 39.3 Å². The summed E-state index contributed by atoms with van der Waals surface area (Å²) in [4.78, 5) is 21.3. The van der Waals surface area contributed by atoms with Crippen molar-refractivity contribution in [2.45, 2.75) is 32.6 Å². The molecule has 3 aromatic rings. The molecule has 1 aliphatic rings. The van der Waals surface area contributed by atoms with Crippen LogP contribution in [0.4, 0.5) is 11.6 Å². The van der Waals surface area contributed by atoms with E-state index in [4.69, 9.17) is 5.73 Å². The summed E-state index contributed by atoms with van der Waals surface area (Å²) in [6.45, 7) is 6.18. The first-order valence-electron chi connectivity index (χ1n) is 8.44. The second-order valence-electron chi connectivity index (χ2n) is 7.31. The number of nitrogen functional groups attached to an aromatic ring is 1. The number of carbonyl (C=O) groups is 1. The number of anilines is 2. The number of rotatable bonds is 2. The molecule has 0 spiro atoms. The smallest absolute Gasteiger partial charge is 0.273 e. The molecule has 7 heteroatoms. The number of benzene rings is 1. The molecule has 26 heavy (non-hydrogen) atoms. The largest absolute Gasteiger partial charge is 0.368 e. The van der Waals surface area contributed by atoms with Gasteiger partial charge in [-0.25, -0.2) is 9.97 Å². The fraction of sp³-hybridized carbons (Fsp3) is 0.263. The molecule has 0 aliphatic heterocycles. The van der Waals surface area contributed by atoms with Gasteiger partial charge in [-0.15, -0.1) is 0 Å². The predicted octanol–water partition coefficient (Wildman–Crippen LogP) is 2.84. The number of aromatic amines is 1. The number of nitrogens with zero attached hydrogens (tertiary/aromatic N) is 3. The van der Waals surface area contributed by atoms with E-state index in [1.165, 1.54) is 0 Å². The average molecular weight is 348 g/mol. The number of aromatic nitrogens is 4. The molecule has 1 amide bonds. The first-order chi connectivity index (χ1) is 12.3. The van der Waals surface area contributed by atoms with Crippen LogP contribution < -0.4 is 11.1 Å². The van der Waals surface area contributed by atoms with Crippen LogP contribution in [0.1, 0.15) is 41.0 Å². The van der Waals surface area contributed by atoms with E-state index in [9.17, 15) is 4.79 Å². The van der Waals surface area contributed by atoms with Crippen molar-refractivity contribution < 1.29 is 4.79 Å². The van der Waals surface area contributed by atoms with Crippen molar-refractivity contribution in [3.05, 3.63) is 52.8 Å². The minimum absolute atomic E-state index is 0.197. The molecule has 0 saturated carbocycles. The molecule has 0 radical (unpaired) electrons. The molecule has 0 saturated heterocycles. The Morgan fingerprint density at radius 1 is 1.23 bits per heavy atom. The maximum atomic E-state index is 12.9. The Hall–Kier alpha value is -3.22. The minimum atomic E-state index is -0.283. The number of aryl methyl sites for hydroxylation is 1. The van der Waals surface area contributed by atoms with Crippen molar-refractivity contribution in [3.8, 4) is 11.4 Å². The van der Waals surface area contributed by atoms with E-state index in [-0.39, 0.29) is 17.3 Å². The molecule has 0 atom stereocenters. The van der Waals surface area contributed by atoms with E-state index in [1.807, 2.05) is 31.2 Å². The lowest BCUT2D eigenvalue weighted by Crippen LogP contribution is -2.29. The highest BCUT2D eigenvalue weighted by Gasteiger charge is 2.38. The molecule has 1 aromatic carbocycles. The zero-order valence-electron chi connectivity index (χ0n) is 14.9. The van der Waals surface area contributed by atoms with Crippen molar-refractivity contribution in [1.29, 1.82) is 0 Å². The monoisotopic (exact) mass is 348 g/mol. The number of carbonyl (C=O) groups excluding carboxylic acids is 1. The molecule has 1 aliphatic carbocycles. The quantitative estimate of drug-likeness (QED) is 0.660. The van der Waals surface area contributed by atoms with Crippen LogP contribution in [-0.2, 0) is 11.8 Å². The lowest BCUT2D eigenvalue weighted by molar-refractivity contribution is 0.102. The number of amides is 1. The standard InChI is InChI=1S/C19H20N6O/c1-10-4-6-12(7-5-10)22-17(26)16-13-15(24-25-16)14-11(8-19(13,2)3)9-21-18(20)23-14/h4-7,9H,8H2,1-3H3,(H,22,26)(H,24,25)(H2,20,21,23). The average Bonchev–Trinajstić information content (AvgIpc) is 3.04. The van der Waals surface area contributed by atoms with Gasteiger partial charge in [0, 0.05) is 17.4 Å². The van der Waals surface area contributed by atoms with Crippen LogP contribution in [0.25, 0.3) is 11.4 Å². The fourth-order valence-electron chi connectivity index (χ4n) is 3.49. The zero-order valence-corrected chi connectivity index (χ0v) is 14.9. The van der Waals surface area contributed by atoms with Crippen LogP contribution in [0.2, 0.25) is 0 Å². The number of hydrogen-bond acceptors (Lipinski definition) is 5. The molecule has 7 nitrogen and oxygen atoms in total. The fourth-order valence-corrected chi connectivity index (χ4v) is 3.49. The lowest BCUT2D eigenvalue weighted by atomic mass is 9.73. The van der Waals surface area contributed by atoms with Crippen molar-refractivity contribution in [3.63, 3.8) is 0 Å². The first-order valence-corrected chi connectivity index (χ1v) is 8.44. The number of nitrogens with two attached hydrogens (primary N) is 1. The van der Waals surface area contributed by atoms with Crippen molar-refractivity contribution in [2.24, 2.45) is 0 Å². The summed E-state index contributed by atoms with van der Waals surface area (Å²) in [5.41, 5.74) is 11.0. The van der Waals surface area contributed by atoms with Crippen molar-refractivity contribution in [1.82, 2.24) is 20.2 Å². The molecule has 0 bridgehead atoms. The third kappa shape index (κ3) is 2.61. The number of H-pyrrole nitrogens is 1. The third-order valence-electron chi connectivity index (χ3n) is 4.72. The van der Waals surface area contributed by atoms with E-state index >= 15 is 0 Å². The van der Waals surface area contributed by atoms with E-state index in [0.29, 0.717) is 23.5 Å². The summed E-state index contributed by atoms with van der Waals surface area (Å²) < 4.78 is 0. The van der Waals surface area contributed by atoms with Crippen LogP contribution >= 0.6 is 0 Å². The van der Waals surface area contributed by atoms with Crippen LogP contribution in [0, 0.1) is 6.92 Å². The Kier molecular flexibility index (Phi) is 3.54. The summed E-state index contributed by atoms with van der Waals surface area (Å²) >= 11 is 0. The summed E-state index contributed by atoms with van der Waals surface area (Å²) in [5, 5.41) is 10.2. The molecule has 4 N–H and O–H groups in total. The van der Waals surface area contributed by atoms with Crippen molar-refractivity contribution >= 4 is 17.5 Å². The Bertz CT molecular complexity index is 1000. The highest BCUT2D eigenvalue weighted by atomic mass is 16.1. The van der Waals surface area contributed by atoms with Crippen LogP contribution in [-0.4, -0.2) is 26.1 Å². The SMILES string of the molecule is Cc1ccc(NC(=O)c2[nH]nc3c2C(C)(C)Cc2cnc(N)nc2-3)cc1. The summed E-state index contributed by atoms with van der Waals surface area (Å²) in [6, 6.07) is 7.67. The molecular formula is C19H20N6O. The van der Waals surface area contributed by atoms with E-state index in [0.717, 1.165) is 22.4 Å². The molecule has 0 unspecified atom stereocenters. The highest BCUT2D eigenvalue weighted by molar-refractivity contribution is 6.05. The third-order valence-corrected chi connectivity index (χ3v) is 4.72. The highest BCUT2D eigenvalue weighted by Crippen LogP contribution is 2.42. The van der Waals surface area contributed by atoms with Gasteiger partial charge in [0.2, 0.25) is 5.95 Å². The summed E-state index contributed by atoms with van der Waals surface area (Å²) in [5.74, 6) is -0.0239. The molecule has 0 fully saturated rings. The second kappa shape index (κ2) is 5.66. The van der Waals surface area contributed by atoms with Crippen molar-refractivity contribution in [2.75, 3.05) is 11.1 Å². The van der Waals surface area contributed by atoms with Crippen LogP contribution in [0.3, 0.4) is 0 Å². The molecular weight excluding hydrogens is 328 g/mol. The number of fused-ring (bicyclic) bond motifs is 3. The second-order valence-corrected chi connectivity index (χ2v) is 7.31. The maximum absolute atomic E-state index is 12.9. The minimum Gasteiger partial charge on any atom is -0.368 e. The van der Waals surface area contributed by atoms with E-state index in [1.54, 1.807) is 6.20 Å². The Labute approximate surface area is 151 Å². The Morgan fingerprint density at radius 2 is 1.96 bits per heavy atom. The van der Waals surface area contributed by atoms with Crippen LogP contribution in [0.15, 0.2) is 30.5 Å². The molecule has 132 valence electrons. The Morgan fingerprint density at radius 3 is 2.69 bits per heavy atom. The predicted molar refractivity (Wildman–Crippen MR) is 99.9 cm³/mol. The van der Waals surface area contributed by atoms with Gasteiger partial charge in [-0.05, 0) is 36.5 Å². The normalized spacial score (nSPS) is 14.4. The van der Waals surface area contributed by atoms with E-state index < -0.39 is 0 Å². The molecule has 2 aromatic heterocycles. The Balaban J connectivity index is 1.76.